The molecule has 0 saturated heterocycles. The number of carbonyl (C=O) groups is 4. The third kappa shape index (κ3) is 11.9. The molecule has 3 rings (SSSR count). The number of guanidine groups is 2. The third-order valence-electron chi connectivity index (χ3n) is 6.89. The number of nitrogens with two attached hydrogens (primary N) is 4. The van der Waals surface area contributed by atoms with Gasteiger partial charge in [-0.3, -0.25) is 29.7 Å². The summed E-state index contributed by atoms with van der Waals surface area (Å²) in [5.74, 6) is -1.95. The van der Waals surface area contributed by atoms with Gasteiger partial charge in [0.2, 0.25) is 11.8 Å². The van der Waals surface area contributed by atoms with E-state index in [1.54, 1.807) is 30.3 Å². The van der Waals surface area contributed by atoms with Gasteiger partial charge in [-0.1, -0.05) is 54.6 Å². The van der Waals surface area contributed by atoms with Crippen LogP contribution in [-0.4, -0.2) is 68.0 Å². The molecular weight excluding hydrogens is 606 g/mol. The molecule has 0 spiro atoms. The standard InChI is InChI=1S/C32H41N9O6/c1-46-26-18-22(17-21-11-5-6-12-23(21)26)27(42)41-29(44)24(13-7-15-37-30(33)34)39-28(43)25(14-8-16-38-31(35)36)40-32(45)47-19-20-9-3-2-4-10-20/h2-6,9-12,17-18,24-25H,7-8,13-16,19H2,1H3,(H,39,43)(H,40,45)(H4,33,34,37)(H4,35,36,38)(H,41,42,44)/t24-,25-/m0/s1. The molecule has 2 atom stereocenters. The molecule has 0 heterocycles. The predicted octanol–water partition coefficient (Wildman–Crippen LogP) is 0.992. The second-order valence-electron chi connectivity index (χ2n) is 10.4. The largest absolute Gasteiger partial charge is 0.496 e. The lowest BCUT2D eigenvalue weighted by Crippen LogP contribution is -2.54. The van der Waals surface area contributed by atoms with Gasteiger partial charge in [0.1, 0.15) is 24.4 Å². The lowest BCUT2D eigenvalue weighted by atomic mass is 10.0. The number of fused-ring (bicyclic) bond motifs is 1. The van der Waals surface area contributed by atoms with Gasteiger partial charge in [-0.05, 0) is 48.8 Å². The Morgan fingerprint density at radius 2 is 1.36 bits per heavy atom. The Kier molecular flexibility index (Phi) is 13.8. The highest BCUT2D eigenvalue weighted by Crippen LogP contribution is 2.27. The molecule has 0 aliphatic heterocycles. The Labute approximate surface area is 272 Å². The first kappa shape index (κ1) is 35.6. The number of benzene rings is 3. The fraction of sp³-hybridized carbons (Fsp3) is 0.312. The summed E-state index contributed by atoms with van der Waals surface area (Å²) in [7, 11) is 1.48. The van der Waals surface area contributed by atoms with Crippen molar-refractivity contribution in [3.63, 3.8) is 0 Å². The van der Waals surface area contributed by atoms with Crippen molar-refractivity contribution in [2.45, 2.75) is 44.4 Å². The fourth-order valence-electron chi connectivity index (χ4n) is 4.57. The summed E-state index contributed by atoms with van der Waals surface area (Å²) in [6.07, 6.45) is -0.0533. The van der Waals surface area contributed by atoms with Crippen LogP contribution in [0.5, 0.6) is 5.75 Å². The predicted molar refractivity (Wildman–Crippen MR) is 178 cm³/mol. The van der Waals surface area contributed by atoms with E-state index >= 15 is 0 Å². The van der Waals surface area contributed by atoms with Gasteiger partial charge in [0.25, 0.3) is 5.91 Å². The zero-order valence-electron chi connectivity index (χ0n) is 26.1. The maximum absolute atomic E-state index is 13.5. The molecule has 0 aliphatic carbocycles. The van der Waals surface area contributed by atoms with Crippen LogP contribution in [0.25, 0.3) is 10.8 Å². The first-order valence-corrected chi connectivity index (χ1v) is 14.9. The van der Waals surface area contributed by atoms with E-state index in [0.29, 0.717) is 12.2 Å². The number of nitrogens with zero attached hydrogens (tertiary/aromatic N) is 2. The molecule has 15 nitrogen and oxygen atoms in total. The highest BCUT2D eigenvalue weighted by atomic mass is 16.5. The first-order chi connectivity index (χ1) is 22.6. The van der Waals surface area contributed by atoms with Gasteiger partial charge in [0, 0.05) is 24.0 Å². The number of hydrogen-bond donors (Lipinski definition) is 7. The number of carbonyl (C=O) groups excluding carboxylic acids is 4. The van der Waals surface area contributed by atoms with Crippen molar-refractivity contribution in [2.75, 3.05) is 20.2 Å². The van der Waals surface area contributed by atoms with E-state index in [1.807, 2.05) is 30.3 Å². The summed E-state index contributed by atoms with van der Waals surface area (Å²) in [6.45, 7) is 0.343. The number of nitrogens with one attached hydrogen (secondary N) is 3. The third-order valence-corrected chi connectivity index (χ3v) is 6.89. The van der Waals surface area contributed by atoms with Gasteiger partial charge in [-0.15, -0.1) is 0 Å². The van der Waals surface area contributed by atoms with E-state index in [4.69, 9.17) is 32.4 Å². The molecule has 15 heteroatoms. The lowest BCUT2D eigenvalue weighted by Gasteiger charge is -2.23. The molecule has 3 aromatic rings. The first-order valence-electron chi connectivity index (χ1n) is 14.9. The number of alkyl carbamates (subject to hydrolysis) is 1. The normalized spacial score (nSPS) is 11.8. The topological polar surface area (TPSA) is 252 Å². The zero-order chi connectivity index (χ0) is 34.2. The molecule has 0 fully saturated rings. The van der Waals surface area contributed by atoms with Crippen LogP contribution in [0, 0.1) is 0 Å². The van der Waals surface area contributed by atoms with E-state index in [2.05, 4.69) is 25.9 Å². The molecule has 0 aromatic heterocycles. The minimum Gasteiger partial charge on any atom is -0.496 e. The summed E-state index contributed by atoms with van der Waals surface area (Å²) < 4.78 is 10.7. The van der Waals surface area contributed by atoms with Crippen LogP contribution in [0.3, 0.4) is 0 Å². The molecule has 0 unspecified atom stereocenters. The molecule has 0 radical (unpaired) electrons. The maximum Gasteiger partial charge on any atom is 0.408 e. The molecular formula is C32H41N9O6. The summed E-state index contributed by atoms with van der Waals surface area (Å²) >= 11 is 0. The van der Waals surface area contributed by atoms with Crippen LogP contribution in [0.1, 0.15) is 41.6 Å². The Morgan fingerprint density at radius 3 is 1.98 bits per heavy atom. The van der Waals surface area contributed by atoms with Crippen molar-refractivity contribution in [1.29, 1.82) is 0 Å². The molecule has 47 heavy (non-hydrogen) atoms. The van der Waals surface area contributed by atoms with Gasteiger partial charge in [-0.25, -0.2) is 4.79 Å². The zero-order valence-corrected chi connectivity index (χ0v) is 26.1. The van der Waals surface area contributed by atoms with E-state index in [-0.39, 0.29) is 56.4 Å². The van der Waals surface area contributed by atoms with Gasteiger partial charge in [0.05, 0.1) is 7.11 Å². The minimum atomic E-state index is -1.19. The SMILES string of the molecule is COc1cc(C(=O)NC(=O)[C@H](CCCN=C(N)N)NC(=O)[C@H](CCCN=C(N)N)NC(=O)OCc2ccccc2)cc2ccccc12. The number of ether oxygens (including phenoxy) is 2. The molecule has 0 aliphatic rings. The molecule has 250 valence electrons. The van der Waals surface area contributed by atoms with Crippen molar-refractivity contribution < 1.29 is 28.7 Å². The molecule has 0 saturated carbocycles. The number of hydrogen-bond acceptors (Lipinski definition) is 8. The molecule has 4 amide bonds. The Balaban J connectivity index is 1.76. The van der Waals surface area contributed by atoms with Crippen molar-refractivity contribution >= 4 is 46.5 Å². The Morgan fingerprint density at radius 1 is 0.766 bits per heavy atom. The fourth-order valence-corrected chi connectivity index (χ4v) is 4.57. The van der Waals surface area contributed by atoms with Gasteiger partial charge >= 0.3 is 6.09 Å². The average molecular weight is 648 g/mol. The van der Waals surface area contributed by atoms with Crippen LogP contribution in [-0.2, 0) is 20.9 Å². The second kappa shape index (κ2) is 18.2. The van der Waals surface area contributed by atoms with E-state index < -0.39 is 35.9 Å². The number of amides is 4. The van der Waals surface area contributed by atoms with Crippen LogP contribution in [0.15, 0.2) is 76.7 Å². The van der Waals surface area contributed by atoms with E-state index in [1.165, 1.54) is 13.2 Å². The van der Waals surface area contributed by atoms with Gasteiger partial charge in [-0.2, -0.15) is 0 Å². The van der Waals surface area contributed by atoms with Crippen molar-refractivity contribution in [3.05, 3.63) is 77.9 Å². The minimum absolute atomic E-state index is 0.0213. The highest BCUT2D eigenvalue weighted by molar-refractivity contribution is 6.09. The quantitative estimate of drug-likeness (QED) is 0.0659. The molecule has 11 N–H and O–H groups in total. The van der Waals surface area contributed by atoms with Crippen molar-refractivity contribution in [3.8, 4) is 5.75 Å². The summed E-state index contributed by atoms with van der Waals surface area (Å²) in [5, 5.41) is 9.09. The number of rotatable bonds is 16. The van der Waals surface area contributed by atoms with Crippen molar-refractivity contribution in [1.82, 2.24) is 16.0 Å². The van der Waals surface area contributed by atoms with Crippen LogP contribution >= 0.6 is 0 Å². The Bertz CT molecular complexity index is 1590. The average Bonchev–Trinajstić information content (AvgIpc) is 3.05. The molecule has 0 bridgehead atoms. The number of methoxy groups -OCH3 is 1. The van der Waals surface area contributed by atoms with E-state index in [9.17, 15) is 19.2 Å². The van der Waals surface area contributed by atoms with Gasteiger partial charge < -0.3 is 43.0 Å². The number of imide groups is 1. The monoisotopic (exact) mass is 647 g/mol. The highest BCUT2D eigenvalue weighted by Gasteiger charge is 2.28. The van der Waals surface area contributed by atoms with Gasteiger partial charge in [0.15, 0.2) is 11.9 Å². The van der Waals surface area contributed by atoms with Crippen LogP contribution in [0.4, 0.5) is 4.79 Å². The van der Waals surface area contributed by atoms with Crippen LogP contribution < -0.4 is 43.6 Å². The lowest BCUT2D eigenvalue weighted by molar-refractivity contribution is -0.129. The number of aliphatic imine (C=N–C) groups is 2. The second-order valence-corrected chi connectivity index (χ2v) is 10.4. The smallest absolute Gasteiger partial charge is 0.408 e. The van der Waals surface area contributed by atoms with Crippen LogP contribution in [0.2, 0.25) is 0 Å². The van der Waals surface area contributed by atoms with E-state index in [0.717, 1.165) is 16.3 Å². The summed E-state index contributed by atoms with van der Waals surface area (Å²) in [5.41, 5.74) is 22.6. The maximum atomic E-state index is 13.5. The Hall–Kier alpha value is -5.86. The summed E-state index contributed by atoms with van der Waals surface area (Å²) in [4.78, 5) is 60.6. The molecule has 3 aromatic carbocycles. The van der Waals surface area contributed by atoms with Crippen molar-refractivity contribution in [2.24, 2.45) is 32.9 Å². The summed E-state index contributed by atoms with van der Waals surface area (Å²) in [6, 6.07) is 17.2.